The van der Waals surface area contributed by atoms with E-state index in [9.17, 15) is 27.9 Å². The van der Waals surface area contributed by atoms with Crippen molar-refractivity contribution < 1.29 is 42.2 Å². The standard InChI is InChI=1S/C42H31ClF3NO6/c1-22-12-13-25(18-33(22)43)47-39(51)28-16-15-27-30(36(28)40(47)52)20-32-38(50)29(23-8-4-2-5-9-23)21-35(49)41(32,24-10-6-3-7-11-24)37(27)31-19-26(14-17-34(31)48)53-42(44,45)46/h2-15,17-19,21,28,30,32,36-37,48H,16,20H2,1H3/t28-,30+,32-,36-,37+,41-/m0/s1. The molecule has 4 aromatic carbocycles. The zero-order valence-electron chi connectivity index (χ0n) is 28.1. The Kier molecular flexibility index (Phi) is 8.21. The molecular formula is C42H31ClF3NO6. The number of fused-ring (bicyclic) bond motifs is 4. The molecule has 1 aliphatic heterocycles. The van der Waals surface area contributed by atoms with Gasteiger partial charge in [-0.25, -0.2) is 4.90 Å². The van der Waals surface area contributed by atoms with Gasteiger partial charge in [-0.1, -0.05) is 90.0 Å². The molecule has 1 saturated carbocycles. The van der Waals surface area contributed by atoms with Crippen LogP contribution in [0.25, 0.3) is 5.57 Å². The van der Waals surface area contributed by atoms with E-state index in [0.29, 0.717) is 27.4 Å². The van der Waals surface area contributed by atoms with Gasteiger partial charge in [0.25, 0.3) is 0 Å². The first-order valence-corrected chi connectivity index (χ1v) is 17.5. The molecule has 8 rings (SSSR count). The quantitative estimate of drug-likeness (QED) is 0.164. The number of hydrogen-bond acceptors (Lipinski definition) is 6. The third kappa shape index (κ3) is 5.41. The molecule has 1 saturated heterocycles. The van der Waals surface area contributed by atoms with Crippen LogP contribution < -0.4 is 9.64 Å². The summed E-state index contributed by atoms with van der Waals surface area (Å²) in [7, 11) is 0. The molecular weight excluding hydrogens is 707 g/mol. The molecule has 3 aliphatic carbocycles. The van der Waals surface area contributed by atoms with Crippen LogP contribution in [-0.2, 0) is 24.6 Å². The topological polar surface area (TPSA) is 101 Å². The molecule has 0 radical (unpaired) electrons. The van der Waals surface area contributed by atoms with E-state index < -0.39 is 76.2 Å². The number of benzene rings is 4. The maximum Gasteiger partial charge on any atom is 0.573 e. The molecule has 0 bridgehead atoms. The lowest BCUT2D eigenvalue weighted by molar-refractivity contribution is -0.274. The van der Waals surface area contributed by atoms with Gasteiger partial charge in [-0.3, -0.25) is 19.2 Å². The van der Waals surface area contributed by atoms with Gasteiger partial charge in [-0.2, -0.15) is 0 Å². The van der Waals surface area contributed by atoms with Crippen molar-refractivity contribution in [1.82, 2.24) is 0 Å². The highest BCUT2D eigenvalue weighted by Gasteiger charge is 2.66. The number of ketones is 2. The first-order chi connectivity index (χ1) is 25.3. The molecule has 7 nitrogen and oxygen atoms in total. The summed E-state index contributed by atoms with van der Waals surface area (Å²) in [5, 5.41) is 11.9. The van der Waals surface area contributed by atoms with Gasteiger partial charge >= 0.3 is 6.36 Å². The summed E-state index contributed by atoms with van der Waals surface area (Å²) in [5.41, 5.74) is 0.784. The molecule has 4 aliphatic rings. The summed E-state index contributed by atoms with van der Waals surface area (Å²) in [6, 6.07) is 25.2. The number of aryl methyl sites for hydroxylation is 1. The molecule has 4 aromatic rings. The van der Waals surface area contributed by atoms with E-state index in [2.05, 4.69) is 4.74 Å². The van der Waals surface area contributed by atoms with Gasteiger partial charge in [-0.15, -0.1) is 13.2 Å². The lowest BCUT2D eigenvalue weighted by atomic mass is 9.44. The molecule has 2 amide bonds. The van der Waals surface area contributed by atoms with Crippen LogP contribution in [0.15, 0.2) is 115 Å². The summed E-state index contributed by atoms with van der Waals surface area (Å²) in [6.07, 6.45) is -1.95. The van der Waals surface area contributed by atoms with Gasteiger partial charge < -0.3 is 9.84 Å². The van der Waals surface area contributed by atoms with Crippen LogP contribution in [-0.4, -0.2) is 34.8 Å². The second kappa shape index (κ2) is 12.6. The van der Waals surface area contributed by atoms with Crippen LogP contribution in [0.5, 0.6) is 11.5 Å². The first kappa shape index (κ1) is 34.6. The normalized spacial score (nSPS) is 26.7. The number of halogens is 4. The van der Waals surface area contributed by atoms with E-state index in [1.165, 1.54) is 6.08 Å². The third-order valence-electron chi connectivity index (χ3n) is 11.3. The Morgan fingerprint density at radius 1 is 0.868 bits per heavy atom. The van der Waals surface area contributed by atoms with E-state index in [0.717, 1.165) is 28.7 Å². The average molecular weight is 738 g/mol. The summed E-state index contributed by atoms with van der Waals surface area (Å²) < 4.78 is 45.0. The number of nitrogens with zero attached hydrogens (tertiary/aromatic N) is 1. The zero-order valence-corrected chi connectivity index (χ0v) is 28.9. The number of carbonyl (C=O) groups is 4. The highest BCUT2D eigenvalue weighted by Crippen LogP contribution is 2.64. The second-order valence-electron chi connectivity index (χ2n) is 14.0. The Balaban J connectivity index is 1.37. The number of Topliss-reactive ketones (excluding diaryl/α,β-unsaturated/α-hetero) is 1. The Bertz CT molecular complexity index is 2270. The van der Waals surface area contributed by atoms with Crippen LogP contribution >= 0.6 is 11.6 Å². The molecule has 1 N–H and O–H groups in total. The van der Waals surface area contributed by atoms with Gasteiger partial charge in [0.15, 0.2) is 11.6 Å². The summed E-state index contributed by atoms with van der Waals surface area (Å²) in [4.78, 5) is 59.9. The van der Waals surface area contributed by atoms with Crippen molar-refractivity contribution >= 4 is 46.2 Å². The fourth-order valence-electron chi connectivity index (χ4n) is 9.16. The predicted octanol–water partition coefficient (Wildman–Crippen LogP) is 8.28. The Labute approximate surface area is 307 Å². The van der Waals surface area contributed by atoms with Crippen LogP contribution in [0.1, 0.15) is 41.0 Å². The molecule has 6 atom stereocenters. The van der Waals surface area contributed by atoms with Crippen LogP contribution in [0.4, 0.5) is 18.9 Å². The lowest BCUT2D eigenvalue weighted by Crippen LogP contribution is -2.58. The largest absolute Gasteiger partial charge is 0.573 e. The number of alkyl halides is 3. The number of aromatic hydroxyl groups is 1. The van der Waals surface area contributed by atoms with Crippen molar-refractivity contribution in [1.29, 1.82) is 0 Å². The number of carbonyl (C=O) groups excluding carboxylic acids is 4. The van der Waals surface area contributed by atoms with Crippen molar-refractivity contribution in [3.63, 3.8) is 0 Å². The van der Waals surface area contributed by atoms with Crippen molar-refractivity contribution in [3.05, 3.63) is 142 Å². The minimum atomic E-state index is -5.07. The molecule has 2 fully saturated rings. The molecule has 0 spiro atoms. The number of phenols is 1. The number of hydrogen-bond donors (Lipinski definition) is 1. The Hall–Kier alpha value is -5.48. The third-order valence-corrected chi connectivity index (χ3v) is 11.7. The highest BCUT2D eigenvalue weighted by atomic mass is 35.5. The van der Waals surface area contributed by atoms with Crippen molar-refractivity contribution in [2.45, 2.75) is 37.5 Å². The van der Waals surface area contributed by atoms with E-state index >= 15 is 9.59 Å². The van der Waals surface area contributed by atoms with Gasteiger partial charge in [0.2, 0.25) is 11.8 Å². The molecule has 0 aromatic heterocycles. The average Bonchev–Trinajstić information content (AvgIpc) is 3.40. The minimum Gasteiger partial charge on any atom is -0.508 e. The fourth-order valence-corrected chi connectivity index (χ4v) is 9.33. The van der Waals surface area contributed by atoms with E-state index in [4.69, 9.17) is 11.6 Å². The van der Waals surface area contributed by atoms with Crippen molar-refractivity contribution in [3.8, 4) is 11.5 Å². The van der Waals surface area contributed by atoms with Gasteiger partial charge in [0, 0.05) is 28.0 Å². The van der Waals surface area contributed by atoms with E-state index in [1.54, 1.807) is 91.9 Å². The maximum atomic E-state index is 15.1. The number of ether oxygens (including phenoxy) is 1. The molecule has 53 heavy (non-hydrogen) atoms. The molecule has 11 heteroatoms. The van der Waals surface area contributed by atoms with Gasteiger partial charge in [-0.05, 0) is 78.8 Å². The van der Waals surface area contributed by atoms with E-state index in [-0.39, 0.29) is 24.0 Å². The second-order valence-corrected chi connectivity index (χ2v) is 14.4. The van der Waals surface area contributed by atoms with Gasteiger partial charge in [0.05, 0.1) is 22.9 Å². The molecule has 268 valence electrons. The van der Waals surface area contributed by atoms with E-state index in [1.807, 2.05) is 0 Å². The molecule has 1 heterocycles. The SMILES string of the molecule is Cc1ccc(N2C(=O)[C@H]3[C@H](CC=C4[C@H]3C[C@H]3C(=O)C(c5ccccc5)=CC(=O)[C@@]3(c3ccccc3)[C@H]4c3cc(OC(F)(F)F)ccc3O)C2=O)cc1Cl. The van der Waals surface area contributed by atoms with Crippen LogP contribution in [0.2, 0.25) is 5.02 Å². The Morgan fingerprint density at radius 2 is 1.57 bits per heavy atom. The van der Waals surface area contributed by atoms with Crippen molar-refractivity contribution in [2.24, 2.45) is 23.7 Å². The maximum absolute atomic E-state index is 15.1. The number of phenolic OH excluding ortho intramolecular Hbond substituents is 1. The Morgan fingerprint density at radius 3 is 2.25 bits per heavy atom. The van der Waals surface area contributed by atoms with Gasteiger partial charge in [0.1, 0.15) is 11.5 Å². The summed E-state index contributed by atoms with van der Waals surface area (Å²) in [6.45, 7) is 1.79. The number of rotatable bonds is 5. The van der Waals surface area contributed by atoms with Crippen molar-refractivity contribution in [2.75, 3.05) is 4.90 Å². The summed E-state index contributed by atoms with van der Waals surface area (Å²) in [5.74, 6) is -7.85. The lowest BCUT2D eigenvalue weighted by Gasteiger charge is -2.55. The fraction of sp³-hybridized carbons (Fsp3) is 0.238. The highest BCUT2D eigenvalue weighted by molar-refractivity contribution is 6.33. The minimum absolute atomic E-state index is 0.0197. The molecule has 0 unspecified atom stereocenters. The number of anilines is 1. The number of amides is 2. The first-order valence-electron chi connectivity index (χ1n) is 17.1. The zero-order chi connectivity index (χ0) is 37.4. The summed E-state index contributed by atoms with van der Waals surface area (Å²) >= 11 is 6.41. The number of imide groups is 1. The smallest absolute Gasteiger partial charge is 0.508 e. The van der Waals surface area contributed by atoms with Crippen LogP contribution in [0, 0.1) is 30.6 Å². The van der Waals surface area contributed by atoms with Crippen LogP contribution in [0.3, 0.4) is 0 Å². The monoisotopic (exact) mass is 737 g/mol. The predicted molar refractivity (Wildman–Crippen MR) is 190 cm³/mol. The number of allylic oxidation sites excluding steroid dienone is 4.